The van der Waals surface area contributed by atoms with Crippen molar-refractivity contribution in [1.82, 2.24) is 0 Å². The molecule has 0 radical (unpaired) electrons. The highest BCUT2D eigenvalue weighted by molar-refractivity contribution is 9.09. The van der Waals surface area contributed by atoms with Gasteiger partial charge in [0.05, 0.1) is 11.6 Å². The van der Waals surface area contributed by atoms with Crippen molar-refractivity contribution >= 4 is 27.7 Å². The van der Waals surface area contributed by atoms with Crippen molar-refractivity contribution in [2.24, 2.45) is 0 Å². The van der Waals surface area contributed by atoms with E-state index >= 15 is 0 Å². The summed E-state index contributed by atoms with van der Waals surface area (Å²) in [4.78, 5) is 0. The summed E-state index contributed by atoms with van der Waals surface area (Å²) in [5.74, 6) is 0. The lowest BCUT2D eigenvalue weighted by molar-refractivity contribution is 1.48. The van der Waals surface area contributed by atoms with Crippen LogP contribution in [0.15, 0.2) is 24.3 Å². The van der Waals surface area contributed by atoms with Gasteiger partial charge in [0.1, 0.15) is 0 Å². The number of hydrogen-bond acceptors (Lipinski definition) is 2. The predicted octanol–water partition coefficient (Wildman–Crippen LogP) is 2.55. The summed E-state index contributed by atoms with van der Waals surface area (Å²) in [7, 11) is 0. The third kappa shape index (κ3) is 2.60. The Morgan fingerprint density at radius 3 is 2.92 bits per heavy atom. The molecule has 0 unspecified atom stereocenters. The highest BCUT2D eigenvalue weighted by Crippen LogP contribution is 2.15. The smallest absolute Gasteiger partial charge is 0.0991 e. The highest BCUT2D eigenvalue weighted by atomic mass is 79.9. The van der Waals surface area contributed by atoms with Crippen LogP contribution < -0.4 is 5.73 Å². The van der Waals surface area contributed by atoms with Gasteiger partial charge in [0.2, 0.25) is 0 Å². The monoisotopic (exact) mass is 236 g/mol. The van der Waals surface area contributed by atoms with Crippen LogP contribution in [0.3, 0.4) is 0 Å². The zero-order valence-corrected chi connectivity index (χ0v) is 8.58. The first-order valence-corrected chi connectivity index (χ1v) is 4.92. The van der Waals surface area contributed by atoms with Crippen molar-refractivity contribution in [1.29, 1.82) is 5.26 Å². The Bertz CT molecular complexity index is 364. The molecule has 13 heavy (non-hydrogen) atoms. The first-order valence-electron chi connectivity index (χ1n) is 3.80. The molecule has 1 aromatic rings. The molecule has 0 aliphatic carbocycles. The highest BCUT2D eigenvalue weighted by Gasteiger charge is 1.96. The van der Waals surface area contributed by atoms with E-state index < -0.39 is 0 Å². The fourth-order valence-corrected chi connectivity index (χ4v) is 1.15. The molecular formula is C10H9BrN2. The largest absolute Gasteiger partial charge is 0.398 e. The Balaban J connectivity index is 3.06. The van der Waals surface area contributed by atoms with Gasteiger partial charge < -0.3 is 5.73 Å². The van der Waals surface area contributed by atoms with E-state index in [0.29, 0.717) is 11.3 Å². The van der Waals surface area contributed by atoms with E-state index in [9.17, 15) is 0 Å². The van der Waals surface area contributed by atoms with Gasteiger partial charge in [0.25, 0.3) is 0 Å². The van der Waals surface area contributed by atoms with Gasteiger partial charge in [-0.1, -0.05) is 28.1 Å². The molecule has 66 valence electrons. The normalized spacial score (nSPS) is 10.2. The van der Waals surface area contributed by atoms with Gasteiger partial charge in [-0.15, -0.1) is 0 Å². The van der Waals surface area contributed by atoms with Crippen LogP contribution in [0.1, 0.15) is 11.1 Å². The van der Waals surface area contributed by atoms with Gasteiger partial charge >= 0.3 is 0 Å². The lowest BCUT2D eigenvalue weighted by Gasteiger charge is -1.99. The molecule has 0 aliphatic heterocycles. The Morgan fingerprint density at radius 1 is 1.54 bits per heavy atom. The molecular weight excluding hydrogens is 228 g/mol. The van der Waals surface area contributed by atoms with E-state index in [0.717, 1.165) is 10.9 Å². The second-order valence-electron chi connectivity index (χ2n) is 2.51. The van der Waals surface area contributed by atoms with Gasteiger partial charge in [0, 0.05) is 11.0 Å². The van der Waals surface area contributed by atoms with Crippen LogP contribution in [-0.4, -0.2) is 5.33 Å². The van der Waals surface area contributed by atoms with Crippen LogP contribution >= 0.6 is 15.9 Å². The van der Waals surface area contributed by atoms with Crippen LogP contribution in [0.5, 0.6) is 0 Å². The third-order valence-electron chi connectivity index (χ3n) is 1.60. The third-order valence-corrected chi connectivity index (χ3v) is 1.98. The summed E-state index contributed by atoms with van der Waals surface area (Å²) in [6, 6.07) is 7.29. The SMILES string of the molecule is N#Cc1ccc(N)c(C=CCBr)c1. The molecule has 0 fully saturated rings. The maximum absolute atomic E-state index is 8.65. The molecule has 0 saturated carbocycles. The van der Waals surface area contributed by atoms with Crippen molar-refractivity contribution in [3.05, 3.63) is 35.4 Å². The number of nitrogens with zero attached hydrogens (tertiary/aromatic N) is 1. The zero-order chi connectivity index (χ0) is 9.68. The molecule has 0 atom stereocenters. The maximum atomic E-state index is 8.65. The minimum Gasteiger partial charge on any atom is -0.398 e. The van der Waals surface area contributed by atoms with Crippen molar-refractivity contribution in [2.45, 2.75) is 0 Å². The molecule has 0 spiro atoms. The van der Waals surface area contributed by atoms with Crippen molar-refractivity contribution < 1.29 is 0 Å². The molecule has 0 bridgehead atoms. The number of allylic oxidation sites excluding steroid dienone is 1. The lowest BCUT2D eigenvalue weighted by atomic mass is 10.1. The number of halogens is 1. The Labute approximate surface area is 85.8 Å². The summed E-state index contributed by atoms with van der Waals surface area (Å²) in [5.41, 5.74) is 7.92. The maximum Gasteiger partial charge on any atom is 0.0991 e. The van der Waals surface area contributed by atoms with Gasteiger partial charge in [-0.25, -0.2) is 0 Å². The number of nitriles is 1. The molecule has 0 aliphatic rings. The molecule has 1 rings (SSSR count). The number of benzene rings is 1. The van der Waals surface area contributed by atoms with E-state index in [1.165, 1.54) is 0 Å². The summed E-state index contributed by atoms with van der Waals surface area (Å²) in [6.07, 6.45) is 3.83. The van der Waals surface area contributed by atoms with E-state index in [4.69, 9.17) is 11.0 Å². The summed E-state index contributed by atoms with van der Waals surface area (Å²) >= 11 is 3.27. The fourth-order valence-electron chi connectivity index (χ4n) is 0.960. The van der Waals surface area contributed by atoms with Gasteiger partial charge in [-0.05, 0) is 23.8 Å². The summed E-state index contributed by atoms with van der Waals surface area (Å²) < 4.78 is 0. The Morgan fingerprint density at radius 2 is 2.31 bits per heavy atom. The number of anilines is 1. The first-order chi connectivity index (χ1) is 6.27. The minimum absolute atomic E-state index is 0.628. The molecule has 1 aromatic carbocycles. The van der Waals surface area contributed by atoms with E-state index in [1.54, 1.807) is 18.2 Å². The molecule has 3 heteroatoms. The number of nitrogen functional groups attached to an aromatic ring is 1. The van der Waals surface area contributed by atoms with Crippen molar-refractivity contribution in [2.75, 3.05) is 11.1 Å². The van der Waals surface area contributed by atoms with E-state index in [1.807, 2.05) is 12.2 Å². The molecule has 0 aromatic heterocycles. The first kappa shape index (κ1) is 9.82. The Hall–Kier alpha value is -1.27. The number of alkyl halides is 1. The average Bonchev–Trinajstić information content (AvgIpc) is 2.17. The van der Waals surface area contributed by atoms with E-state index in [2.05, 4.69) is 22.0 Å². The standard InChI is InChI=1S/C10H9BrN2/c11-5-1-2-9-6-8(7-12)3-4-10(9)13/h1-4,6H,5,13H2. The molecule has 2 nitrogen and oxygen atoms in total. The molecule has 2 N–H and O–H groups in total. The van der Waals surface area contributed by atoms with Crippen molar-refractivity contribution in [3.8, 4) is 6.07 Å². The van der Waals surface area contributed by atoms with Gasteiger partial charge in [-0.2, -0.15) is 5.26 Å². The Kier molecular flexibility index (Phi) is 3.53. The quantitative estimate of drug-likeness (QED) is 0.634. The fraction of sp³-hybridized carbons (Fsp3) is 0.100. The lowest BCUT2D eigenvalue weighted by Crippen LogP contribution is -1.89. The van der Waals surface area contributed by atoms with Crippen LogP contribution in [0.25, 0.3) is 6.08 Å². The van der Waals surface area contributed by atoms with Crippen LogP contribution in [0.2, 0.25) is 0 Å². The van der Waals surface area contributed by atoms with Crippen molar-refractivity contribution in [3.63, 3.8) is 0 Å². The van der Waals surface area contributed by atoms with E-state index in [-0.39, 0.29) is 0 Å². The zero-order valence-electron chi connectivity index (χ0n) is 7.00. The minimum atomic E-state index is 0.628. The van der Waals surface area contributed by atoms with Crippen LogP contribution in [0, 0.1) is 11.3 Å². The number of hydrogen-bond donors (Lipinski definition) is 1. The number of rotatable bonds is 2. The molecule has 0 amide bonds. The second kappa shape index (κ2) is 4.68. The van der Waals surface area contributed by atoms with Gasteiger partial charge in [-0.3, -0.25) is 0 Å². The van der Waals surface area contributed by atoms with Gasteiger partial charge in [0.15, 0.2) is 0 Å². The molecule has 0 heterocycles. The molecule has 0 saturated heterocycles. The summed E-state index contributed by atoms with van der Waals surface area (Å²) in [5, 5.41) is 9.44. The van der Waals surface area contributed by atoms with Crippen LogP contribution in [0.4, 0.5) is 5.69 Å². The number of nitrogens with two attached hydrogens (primary N) is 1. The average molecular weight is 237 g/mol. The van der Waals surface area contributed by atoms with Crippen LogP contribution in [-0.2, 0) is 0 Å². The topological polar surface area (TPSA) is 49.8 Å². The predicted molar refractivity (Wildman–Crippen MR) is 58.4 cm³/mol. The second-order valence-corrected chi connectivity index (χ2v) is 3.16. The summed E-state index contributed by atoms with van der Waals surface area (Å²) in [6.45, 7) is 0.